The number of sulfonamides is 1. The van der Waals surface area contributed by atoms with Crippen molar-refractivity contribution in [3.05, 3.63) is 77.8 Å². The number of aromatic nitrogens is 1. The van der Waals surface area contributed by atoms with Crippen LogP contribution in [-0.4, -0.2) is 37.8 Å². The Balaban J connectivity index is 1.78. The summed E-state index contributed by atoms with van der Waals surface area (Å²) in [7, 11) is -3.17. The number of alkyl halides is 3. The Hall–Kier alpha value is -3.67. The molecule has 1 aromatic heterocycles. The minimum atomic E-state index is -4.34. The Labute approximate surface area is 224 Å². The molecule has 0 saturated heterocycles. The Morgan fingerprint density at radius 2 is 1.85 bits per heavy atom. The molecular weight excluding hydrogens is 540 g/mol. The van der Waals surface area contributed by atoms with E-state index in [4.69, 9.17) is 9.84 Å². The highest BCUT2D eigenvalue weighted by atomic mass is 32.2. The highest BCUT2D eigenvalue weighted by Crippen LogP contribution is 2.41. The molecule has 1 fully saturated rings. The van der Waals surface area contributed by atoms with Crippen molar-refractivity contribution in [1.82, 2.24) is 4.98 Å². The molecule has 1 saturated carbocycles. The predicted molar refractivity (Wildman–Crippen MR) is 138 cm³/mol. The highest BCUT2D eigenvalue weighted by Gasteiger charge is 2.41. The Kier molecular flexibility index (Phi) is 9.21. The second-order valence-electron chi connectivity index (χ2n) is 9.07. The van der Waals surface area contributed by atoms with Crippen molar-refractivity contribution < 1.29 is 40.6 Å². The van der Waals surface area contributed by atoms with Gasteiger partial charge in [-0.3, -0.25) is 4.72 Å². The van der Waals surface area contributed by atoms with Crippen LogP contribution in [0, 0.1) is 17.7 Å². The minimum absolute atomic E-state index is 0.0593. The van der Waals surface area contributed by atoms with Gasteiger partial charge in [0.2, 0.25) is 0 Å². The van der Waals surface area contributed by atoms with Crippen molar-refractivity contribution in [3.8, 4) is 5.75 Å². The first-order valence-electron chi connectivity index (χ1n) is 12.0. The van der Waals surface area contributed by atoms with Gasteiger partial charge in [-0.2, -0.15) is 21.6 Å². The van der Waals surface area contributed by atoms with E-state index >= 15 is 0 Å². The summed E-state index contributed by atoms with van der Waals surface area (Å²) in [5, 5.41) is 8.70. The lowest BCUT2D eigenvalue weighted by Crippen LogP contribution is -2.28. The number of anilines is 1. The largest absolute Gasteiger partial charge is 0.495 e. The average Bonchev–Trinajstić information content (AvgIpc) is 2.88. The number of nitrogens with one attached hydrogen (secondary N) is 1. The van der Waals surface area contributed by atoms with Gasteiger partial charge >= 0.3 is 12.1 Å². The Morgan fingerprint density at radius 1 is 1.18 bits per heavy atom. The zero-order valence-electron chi connectivity index (χ0n) is 21.3. The highest BCUT2D eigenvalue weighted by molar-refractivity contribution is 7.92. The van der Waals surface area contributed by atoms with E-state index in [0.717, 1.165) is 6.07 Å². The number of benzene rings is 1. The van der Waals surface area contributed by atoms with Crippen molar-refractivity contribution in [2.24, 2.45) is 11.8 Å². The fourth-order valence-electron chi connectivity index (χ4n) is 4.38. The first kappa shape index (κ1) is 29.9. The molecular formula is C27H28F4N2O5S. The normalized spacial score (nSPS) is 18.7. The summed E-state index contributed by atoms with van der Waals surface area (Å²) >= 11 is 0. The molecule has 0 bridgehead atoms. The molecule has 3 rings (SSSR count). The van der Waals surface area contributed by atoms with Crippen LogP contribution in [0.5, 0.6) is 5.75 Å². The lowest BCUT2D eigenvalue weighted by Gasteiger charge is -2.30. The molecule has 0 spiro atoms. The van der Waals surface area contributed by atoms with Crippen LogP contribution in [-0.2, 0) is 10.0 Å². The zero-order valence-corrected chi connectivity index (χ0v) is 22.1. The number of nitrogens with zero attached hydrogens (tertiary/aromatic N) is 1. The fourth-order valence-corrected chi connectivity index (χ4v) is 5.42. The van der Waals surface area contributed by atoms with E-state index in [0.29, 0.717) is 35.6 Å². The number of methoxy groups -OCH3 is 1. The first-order chi connectivity index (χ1) is 18.3. The molecule has 1 aromatic carbocycles. The zero-order chi connectivity index (χ0) is 29.0. The number of carbonyl (C=O) groups is 1. The SMILES string of the molecule is C=C(/C=C\C(=C/C)c1ccnc(S(=O)(=O)Nc2cc(F)c(C(=O)O)cc2OC)c1)[C@H]1CC[C@H](C(F)(F)F)CC1. The van der Waals surface area contributed by atoms with Gasteiger partial charge in [0.15, 0.2) is 5.03 Å². The maximum absolute atomic E-state index is 14.2. The lowest BCUT2D eigenvalue weighted by molar-refractivity contribution is -0.183. The van der Waals surface area contributed by atoms with Crippen LogP contribution in [0.3, 0.4) is 0 Å². The van der Waals surface area contributed by atoms with E-state index in [1.165, 1.54) is 19.4 Å². The monoisotopic (exact) mass is 568 g/mol. The molecule has 0 unspecified atom stereocenters. The van der Waals surface area contributed by atoms with Crippen LogP contribution in [0.4, 0.5) is 23.2 Å². The van der Waals surface area contributed by atoms with Crippen LogP contribution in [0.15, 0.2) is 65.9 Å². The fraction of sp³-hybridized carbons (Fsp3) is 0.333. The van der Waals surface area contributed by atoms with Gasteiger partial charge < -0.3 is 9.84 Å². The van der Waals surface area contributed by atoms with Crippen molar-refractivity contribution in [2.45, 2.75) is 43.8 Å². The summed E-state index contributed by atoms with van der Waals surface area (Å²) in [6, 6.07) is 4.45. The molecule has 1 aliphatic carbocycles. The molecule has 12 heteroatoms. The van der Waals surface area contributed by atoms with Gasteiger partial charge in [0.1, 0.15) is 11.6 Å². The molecule has 0 radical (unpaired) electrons. The van der Waals surface area contributed by atoms with E-state index in [9.17, 15) is 30.8 Å². The van der Waals surface area contributed by atoms with Gasteiger partial charge in [0, 0.05) is 12.3 Å². The summed E-state index contributed by atoms with van der Waals surface area (Å²) < 4.78 is 86.3. The minimum Gasteiger partial charge on any atom is -0.495 e. The van der Waals surface area contributed by atoms with Gasteiger partial charge in [0.25, 0.3) is 10.0 Å². The molecule has 0 aliphatic heterocycles. The van der Waals surface area contributed by atoms with Crippen LogP contribution in [0.1, 0.15) is 48.5 Å². The number of hydrogen-bond acceptors (Lipinski definition) is 5. The van der Waals surface area contributed by atoms with Crippen molar-refractivity contribution in [1.29, 1.82) is 0 Å². The van der Waals surface area contributed by atoms with Gasteiger partial charge in [-0.25, -0.2) is 14.2 Å². The van der Waals surface area contributed by atoms with E-state index < -0.39 is 39.5 Å². The first-order valence-corrected chi connectivity index (χ1v) is 13.4. The topological polar surface area (TPSA) is 106 Å². The van der Waals surface area contributed by atoms with Gasteiger partial charge in [0.05, 0.1) is 24.3 Å². The molecule has 0 amide bonds. The number of pyridine rings is 1. The van der Waals surface area contributed by atoms with Crippen LogP contribution >= 0.6 is 0 Å². The number of rotatable bonds is 9. The summed E-state index contributed by atoms with van der Waals surface area (Å²) in [4.78, 5) is 15.1. The molecule has 7 nitrogen and oxygen atoms in total. The number of hydrogen-bond donors (Lipinski definition) is 2. The maximum atomic E-state index is 14.2. The second kappa shape index (κ2) is 12.0. The van der Waals surface area contributed by atoms with E-state index in [1.54, 1.807) is 31.2 Å². The predicted octanol–water partition coefficient (Wildman–Crippen LogP) is 6.61. The number of allylic oxidation sites excluding steroid dienone is 5. The van der Waals surface area contributed by atoms with Gasteiger partial charge in [-0.1, -0.05) is 30.4 Å². The molecule has 2 aromatic rings. The smallest absolute Gasteiger partial charge is 0.391 e. The number of carboxylic acid groups (broad SMARTS) is 1. The number of carboxylic acids is 1. The third kappa shape index (κ3) is 7.25. The number of halogens is 4. The average molecular weight is 569 g/mol. The number of ether oxygens (including phenoxy) is 1. The van der Waals surface area contributed by atoms with Crippen LogP contribution < -0.4 is 9.46 Å². The summed E-state index contributed by atoms with van der Waals surface area (Å²) in [5.74, 6) is -4.25. The lowest BCUT2D eigenvalue weighted by atomic mass is 9.78. The quantitative estimate of drug-likeness (QED) is 0.260. The van der Waals surface area contributed by atoms with E-state index in [2.05, 4.69) is 16.3 Å². The maximum Gasteiger partial charge on any atom is 0.391 e. The molecule has 2 N–H and O–H groups in total. The third-order valence-electron chi connectivity index (χ3n) is 6.61. The van der Waals surface area contributed by atoms with Gasteiger partial charge in [-0.05, 0) is 67.9 Å². The Morgan fingerprint density at radius 3 is 2.41 bits per heavy atom. The summed E-state index contributed by atoms with van der Waals surface area (Å²) in [5.41, 5.74) is 0.798. The van der Waals surface area contributed by atoms with Crippen molar-refractivity contribution in [3.63, 3.8) is 0 Å². The van der Waals surface area contributed by atoms with Crippen LogP contribution in [0.2, 0.25) is 0 Å². The third-order valence-corrected chi connectivity index (χ3v) is 7.87. The molecule has 39 heavy (non-hydrogen) atoms. The van der Waals surface area contributed by atoms with Crippen molar-refractivity contribution in [2.75, 3.05) is 11.8 Å². The molecule has 1 heterocycles. The summed E-state index contributed by atoms with van der Waals surface area (Å²) in [6.45, 7) is 5.75. The van der Waals surface area contributed by atoms with Gasteiger partial charge in [-0.15, -0.1) is 0 Å². The van der Waals surface area contributed by atoms with Crippen LogP contribution in [0.25, 0.3) is 5.57 Å². The standard InChI is InChI=1S/C27H28F4N2O5S/c1-4-17(6-5-16(2)18-7-9-20(10-8-18)27(29,30)31)19-11-12-32-25(13-19)39(36,37)33-23-15-22(28)21(26(34)35)14-24(23)38-3/h4-6,11-15,18,20,33H,2,7-10H2,1,3H3,(H,34,35)/b6-5-,17-4+/t18-,20-. The molecule has 0 atom stereocenters. The Bertz CT molecular complexity index is 1410. The number of aromatic carboxylic acids is 1. The summed E-state index contributed by atoms with van der Waals surface area (Å²) in [6.07, 6.45) is 3.15. The van der Waals surface area contributed by atoms with Crippen molar-refractivity contribution >= 4 is 27.3 Å². The van der Waals surface area contributed by atoms with E-state index in [-0.39, 0.29) is 35.2 Å². The molecule has 210 valence electrons. The van der Waals surface area contributed by atoms with E-state index in [1.807, 2.05) is 0 Å². The molecule has 1 aliphatic rings. The second-order valence-corrected chi connectivity index (χ2v) is 10.7.